The summed E-state index contributed by atoms with van der Waals surface area (Å²) in [6.45, 7) is 4.69. The van der Waals surface area contributed by atoms with Crippen LogP contribution in [0.25, 0.3) is 0 Å². The molecule has 1 aliphatic rings. The molecule has 3 atom stereocenters. The molecular formula is C16H22ClN3O2. The Labute approximate surface area is 135 Å². The van der Waals surface area contributed by atoms with Gasteiger partial charge in [-0.3, -0.25) is 9.59 Å². The van der Waals surface area contributed by atoms with Crippen molar-refractivity contribution in [3.63, 3.8) is 0 Å². The monoisotopic (exact) mass is 323 g/mol. The van der Waals surface area contributed by atoms with Crippen LogP contribution >= 0.6 is 11.6 Å². The lowest BCUT2D eigenvalue weighted by molar-refractivity contribution is -0.123. The van der Waals surface area contributed by atoms with Crippen molar-refractivity contribution in [1.82, 2.24) is 16.0 Å². The van der Waals surface area contributed by atoms with Crippen molar-refractivity contribution < 1.29 is 9.59 Å². The standard InChI is InChI=1S/C16H22ClN3O2/c1-10-9-14(7-8-18-10)20-15(21)11(2)19-16(22)12-3-5-13(17)6-4-12/h3-6,10-11,14,18H,7-9H2,1-2H3,(H,19,22)(H,20,21). The molecule has 2 amide bonds. The third-order valence-corrected chi connectivity index (χ3v) is 4.07. The number of carbonyl (C=O) groups is 2. The maximum absolute atomic E-state index is 12.2. The first-order chi connectivity index (χ1) is 10.5. The van der Waals surface area contributed by atoms with Gasteiger partial charge < -0.3 is 16.0 Å². The average Bonchev–Trinajstić information content (AvgIpc) is 2.47. The Hall–Kier alpha value is -1.59. The number of piperidine rings is 1. The van der Waals surface area contributed by atoms with Gasteiger partial charge in [0.15, 0.2) is 0 Å². The smallest absolute Gasteiger partial charge is 0.251 e. The summed E-state index contributed by atoms with van der Waals surface area (Å²) in [5.74, 6) is -0.431. The van der Waals surface area contributed by atoms with E-state index in [-0.39, 0.29) is 17.9 Å². The van der Waals surface area contributed by atoms with E-state index in [0.717, 1.165) is 19.4 Å². The molecule has 2 rings (SSSR count). The SMILES string of the molecule is CC1CC(NC(=O)C(C)NC(=O)c2ccc(Cl)cc2)CCN1. The first-order valence-corrected chi connectivity index (χ1v) is 7.93. The molecule has 22 heavy (non-hydrogen) atoms. The number of amides is 2. The van der Waals surface area contributed by atoms with Crippen molar-refractivity contribution in [2.24, 2.45) is 0 Å². The molecule has 5 nitrogen and oxygen atoms in total. The molecule has 0 spiro atoms. The van der Waals surface area contributed by atoms with E-state index in [4.69, 9.17) is 11.6 Å². The molecule has 1 aromatic rings. The fourth-order valence-corrected chi connectivity index (χ4v) is 2.66. The topological polar surface area (TPSA) is 70.2 Å². The zero-order valence-corrected chi connectivity index (χ0v) is 13.6. The number of nitrogens with one attached hydrogen (secondary N) is 3. The molecule has 3 unspecified atom stereocenters. The van der Waals surface area contributed by atoms with Gasteiger partial charge >= 0.3 is 0 Å². The Kier molecular flexibility index (Phi) is 5.80. The van der Waals surface area contributed by atoms with Crippen LogP contribution in [-0.4, -0.2) is 36.5 Å². The summed E-state index contributed by atoms with van der Waals surface area (Å²) in [5.41, 5.74) is 0.486. The summed E-state index contributed by atoms with van der Waals surface area (Å²) in [7, 11) is 0. The third-order valence-electron chi connectivity index (χ3n) is 3.82. The maximum atomic E-state index is 12.2. The minimum Gasteiger partial charge on any atom is -0.351 e. The first kappa shape index (κ1) is 16.8. The van der Waals surface area contributed by atoms with E-state index in [9.17, 15) is 9.59 Å². The molecule has 0 aliphatic carbocycles. The number of rotatable bonds is 4. The molecule has 1 aliphatic heterocycles. The Bertz CT molecular complexity index is 533. The lowest BCUT2D eigenvalue weighted by Crippen LogP contribution is -2.52. The van der Waals surface area contributed by atoms with Crippen LogP contribution in [0.2, 0.25) is 5.02 Å². The van der Waals surface area contributed by atoms with Gasteiger partial charge in [-0.15, -0.1) is 0 Å². The largest absolute Gasteiger partial charge is 0.351 e. The minimum absolute atomic E-state index is 0.151. The highest BCUT2D eigenvalue weighted by Crippen LogP contribution is 2.10. The average molecular weight is 324 g/mol. The van der Waals surface area contributed by atoms with Crippen molar-refractivity contribution in [3.8, 4) is 0 Å². The summed E-state index contributed by atoms with van der Waals surface area (Å²) in [6.07, 6.45) is 1.82. The fraction of sp³-hybridized carbons (Fsp3) is 0.500. The van der Waals surface area contributed by atoms with Crippen LogP contribution in [0, 0.1) is 0 Å². The van der Waals surface area contributed by atoms with Crippen LogP contribution in [0.5, 0.6) is 0 Å². The van der Waals surface area contributed by atoms with Crippen molar-refractivity contribution in [2.75, 3.05) is 6.54 Å². The Morgan fingerprint density at radius 1 is 1.32 bits per heavy atom. The maximum Gasteiger partial charge on any atom is 0.251 e. The van der Waals surface area contributed by atoms with Crippen LogP contribution in [0.3, 0.4) is 0 Å². The lowest BCUT2D eigenvalue weighted by Gasteiger charge is -2.29. The molecule has 1 fully saturated rings. The van der Waals surface area contributed by atoms with E-state index in [0.29, 0.717) is 16.6 Å². The zero-order chi connectivity index (χ0) is 16.1. The predicted molar refractivity (Wildman–Crippen MR) is 87.0 cm³/mol. The normalized spacial score (nSPS) is 22.7. The minimum atomic E-state index is -0.576. The van der Waals surface area contributed by atoms with E-state index in [1.165, 1.54) is 0 Å². The van der Waals surface area contributed by atoms with Gasteiger partial charge in [-0.25, -0.2) is 0 Å². The van der Waals surface area contributed by atoms with E-state index < -0.39 is 6.04 Å². The van der Waals surface area contributed by atoms with Gasteiger partial charge in [-0.1, -0.05) is 11.6 Å². The Morgan fingerprint density at radius 2 is 2.00 bits per heavy atom. The van der Waals surface area contributed by atoms with Gasteiger partial charge in [0.2, 0.25) is 5.91 Å². The van der Waals surface area contributed by atoms with E-state index in [1.807, 2.05) is 0 Å². The second-order valence-corrected chi connectivity index (χ2v) is 6.22. The van der Waals surface area contributed by atoms with Crippen molar-refractivity contribution >= 4 is 23.4 Å². The van der Waals surface area contributed by atoms with Gasteiger partial charge in [-0.05, 0) is 57.5 Å². The molecule has 120 valence electrons. The number of benzene rings is 1. The molecule has 1 saturated heterocycles. The lowest BCUT2D eigenvalue weighted by atomic mass is 10.0. The molecule has 0 bridgehead atoms. The number of hydrogen-bond acceptors (Lipinski definition) is 3. The summed E-state index contributed by atoms with van der Waals surface area (Å²) in [5, 5.41) is 9.62. The zero-order valence-electron chi connectivity index (χ0n) is 12.9. The van der Waals surface area contributed by atoms with Gasteiger partial charge in [-0.2, -0.15) is 0 Å². The van der Waals surface area contributed by atoms with Gasteiger partial charge in [0.1, 0.15) is 6.04 Å². The van der Waals surface area contributed by atoms with E-state index in [1.54, 1.807) is 31.2 Å². The molecule has 3 N–H and O–H groups in total. The van der Waals surface area contributed by atoms with Crippen LogP contribution in [0.4, 0.5) is 0 Å². The first-order valence-electron chi connectivity index (χ1n) is 7.56. The van der Waals surface area contributed by atoms with Gasteiger partial charge in [0.25, 0.3) is 5.91 Å². The predicted octanol–water partition coefficient (Wildman–Crippen LogP) is 1.71. The highest BCUT2D eigenvalue weighted by molar-refractivity contribution is 6.30. The molecule has 1 heterocycles. The summed E-state index contributed by atoms with van der Waals surface area (Å²) in [6, 6.07) is 6.56. The second-order valence-electron chi connectivity index (χ2n) is 5.79. The third kappa shape index (κ3) is 4.71. The summed E-state index contributed by atoms with van der Waals surface area (Å²) < 4.78 is 0. The number of halogens is 1. The van der Waals surface area contributed by atoms with Crippen molar-refractivity contribution in [2.45, 2.75) is 44.8 Å². The number of hydrogen-bond donors (Lipinski definition) is 3. The summed E-state index contributed by atoms with van der Waals surface area (Å²) in [4.78, 5) is 24.2. The van der Waals surface area contributed by atoms with Gasteiger partial charge in [0, 0.05) is 22.7 Å². The second kappa shape index (κ2) is 7.61. The fourth-order valence-electron chi connectivity index (χ4n) is 2.54. The van der Waals surface area contributed by atoms with Gasteiger partial charge in [0.05, 0.1) is 0 Å². The van der Waals surface area contributed by atoms with Crippen molar-refractivity contribution in [1.29, 1.82) is 0 Å². The molecule has 0 aromatic heterocycles. The molecule has 0 radical (unpaired) electrons. The van der Waals surface area contributed by atoms with Crippen molar-refractivity contribution in [3.05, 3.63) is 34.9 Å². The summed E-state index contributed by atoms with van der Waals surface area (Å²) >= 11 is 5.79. The number of carbonyl (C=O) groups excluding carboxylic acids is 2. The van der Waals surface area contributed by atoms with Crippen LogP contribution in [0.15, 0.2) is 24.3 Å². The Balaban J connectivity index is 1.85. The highest BCUT2D eigenvalue weighted by atomic mass is 35.5. The molecular weight excluding hydrogens is 302 g/mol. The van der Waals surface area contributed by atoms with E-state index in [2.05, 4.69) is 22.9 Å². The molecule has 6 heteroatoms. The van der Waals surface area contributed by atoms with Crippen LogP contribution < -0.4 is 16.0 Å². The molecule has 1 aromatic carbocycles. The quantitative estimate of drug-likeness (QED) is 0.790. The van der Waals surface area contributed by atoms with Crippen LogP contribution in [0.1, 0.15) is 37.0 Å². The highest BCUT2D eigenvalue weighted by Gasteiger charge is 2.23. The Morgan fingerprint density at radius 3 is 2.64 bits per heavy atom. The molecule has 0 saturated carbocycles. The van der Waals surface area contributed by atoms with Crippen LogP contribution in [-0.2, 0) is 4.79 Å². The van der Waals surface area contributed by atoms with E-state index >= 15 is 0 Å².